The molecule has 0 radical (unpaired) electrons. The zero-order chi connectivity index (χ0) is 25.9. The second-order valence-corrected chi connectivity index (χ2v) is 11.4. The van der Waals surface area contributed by atoms with Gasteiger partial charge >= 0.3 is 0 Å². The number of halogens is 1. The summed E-state index contributed by atoms with van der Waals surface area (Å²) < 4.78 is 35.3. The van der Waals surface area contributed by atoms with E-state index in [1.54, 1.807) is 48.2 Å². The Kier molecular flexibility index (Phi) is 7.87. The summed E-state index contributed by atoms with van der Waals surface area (Å²) in [6.07, 6.45) is 1.83. The number of methoxy groups -OCH3 is 1. The number of likely N-dealkylation sites (N-methyl/N-ethyl adjacent to an activating group) is 1. The number of amidine groups is 1. The second-order valence-electron chi connectivity index (χ2n) is 7.86. The highest BCUT2D eigenvalue weighted by Crippen LogP contribution is 2.35. The lowest BCUT2D eigenvalue weighted by atomic mass is 10.2. The summed E-state index contributed by atoms with van der Waals surface area (Å²) in [4.78, 5) is 19.9. The molecule has 1 saturated heterocycles. The minimum absolute atomic E-state index is 0.0956. The van der Waals surface area contributed by atoms with Gasteiger partial charge in [-0.3, -0.25) is 14.4 Å². The lowest BCUT2D eigenvalue weighted by Gasteiger charge is -2.14. The Morgan fingerprint density at radius 2 is 1.83 bits per heavy atom. The summed E-state index contributed by atoms with van der Waals surface area (Å²) >= 11 is 4.68. The minimum atomic E-state index is -3.92. The van der Waals surface area contributed by atoms with Crippen molar-refractivity contribution in [1.29, 1.82) is 0 Å². The number of carbonyl (C=O) groups excluding carboxylic acids is 1. The van der Waals surface area contributed by atoms with Crippen LogP contribution in [-0.4, -0.2) is 38.0 Å². The lowest BCUT2D eigenvalue weighted by Crippen LogP contribution is -2.28. The number of sulfonamides is 1. The maximum absolute atomic E-state index is 13.2. The van der Waals surface area contributed by atoms with Crippen LogP contribution in [0.4, 0.5) is 11.4 Å². The van der Waals surface area contributed by atoms with Crippen molar-refractivity contribution in [2.24, 2.45) is 4.99 Å². The normalized spacial score (nSPS) is 16.1. The first-order valence-corrected chi connectivity index (χ1v) is 14.1. The summed E-state index contributed by atoms with van der Waals surface area (Å²) in [6, 6.07) is 19.4. The van der Waals surface area contributed by atoms with Crippen LogP contribution >= 0.6 is 27.7 Å². The van der Waals surface area contributed by atoms with E-state index < -0.39 is 10.0 Å². The van der Waals surface area contributed by atoms with Gasteiger partial charge < -0.3 is 4.74 Å². The number of benzene rings is 3. The number of anilines is 1. The maximum Gasteiger partial charge on any atom is 0.266 e. The Morgan fingerprint density at radius 3 is 2.53 bits per heavy atom. The van der Waals surface area contributed by atoms with Crippen molar-refractivity contribution in [3.63, 3.8) is 0 Å². The highest BCUT2D eigenvalue weighted by Gasteiger charge is 2.32. The van der Waals surface area contributed by atoms with Gasteiger partial charge in [0, 0.05) is 11.0 Å². The first-order chi connectivity index (χ1) is 17.2. The fraction of sp³-hybridized carbons (Fsp3) is 0.154. The monoisotopic (exact) mass is 585 g/mol. The summed E-state index contributed by atoms with van der Waals surface area (Å²) in [5, 5.41) is 0.496. The summed E-state index contributed by atoms with van der Waals surface area (Å²) in [6.45, 7) is 4.03. The van der Waals surface area contributed by atoms with Crippen molar-refractivity contribution in [2.45, 2.75) is 18.7 Å². The molecule has 7 nitrogen and oxygen atoms in total. The first-order valence-electron chi connectivity index (χ1n) is 11.0. The van der Waals surface area contributed by atoms with Crippen molar-refractivity contribution in [1.82, 2.24) is 4.90 Å². The van der Waals surface area contributed by atoms with Crippen LogP contribution in [-0.2, 0) is 14.8 Å². The number of ether oxygens (including phenoxy) is 1. The number of aliphatic imine (C=N–C) groups is 1. The number of hydrogen-bond acceptors (Lipinski definition) is 6. The van der Waals surface area contributed by atoms with Crippen LogP contribution in [0.2, 0.25) is 0 Å². The van der Waals surface area contributed by atoms with Crippen molar-refractivity contribution >= 4 is 66.2 Å². The molecule has 0 saturated carbocycles. The predicted molar refractivity (Wildman–Crippen MR) is 149 cm³/mol. The van der Waals surface area contributed by atoms with Gasteiger partial charge in [0.05, 0.1) is 28.3 Å². The Morgan fingerprint density at radius 1 is 1.11 bits per heavy atom. The van der Waals surface area contributed by atoms with Gasteiger partial charge in [0.2, 0.25) is 0 Å². The molecule has 36 heavy (non-hydrogen) atoms. The smallest absolute Gasteiger partial charge is 0.266 e. The zero-order valence-corrected chi connectivity index (χ0v) is 23.1. The molecule has 0 aliphatic carbocycles. The number of amides is 1. The van der Waals surface area contributed by atoms with Gasteiger partial charge in [-0.15, -0.1) is 0 Å². The second kappa shape index (κ2) is 10.9. The molecule has 0 unspecified atom stereocenters. The highest BCUT2D eigenvalue weighted by atomic mass is 79.9. The number of carbonyl (C=O) groups is 1. The molecule has 1 aliphatic rings. The van der Waals surface area contributed by atoms with Crippen LogP contribution in [0.25, 0.3) is 6.08 Å². The summed E-state index contributed by atoms with van der Waals surface area (Å²) in [7, 11) is -2.44. The third-order valence-electron chi connectivity index (χ3n) is 5.41. The topological polar surface area (TPSA) is 88.1 Å². The molecule has 4 rings (SSSR count). The van der Waals surface area contributed by atoms with Crippen LogP contribution in [0.1, 0.15) is 18.1 Å². The van der Waals surface area contributed by atoms with Crippen LogP contribution in [0.15, 0.2) is 86.0 Å². The number of para-hydroxylation sites is 2. The van der Waals surface area contributed by atoms with E-state index in [2.05, 4.69) is 25.6 Å². The van der Waals surface area contributed by atoms with E-state index in [0.29, 0.717) is 39.3 Å². The van der Waals surface area contributed by atoms with Gasteiger partial charge in [-0.25, -0.2) is 13.4 Å². The van der Waals surface area contributed by atoms with E-state index >= 15 is 0 Å². The fourth-order valence-electron chi connectivity index (χ4n) is 3.57. The fourth-order valence-corrected chi connectivity index (χ4v) is 6.23. The van der Waals surface area contributed by atoms with Gasteiger partial charge in [-0.2, -0.15) is 0 Å². The molecule has 3 aromatic carbocycles. The zero-order valence-electron chi connectivity index (χ0n) is 19.9. The molecule has 1 heterocycles. The molecule has 0 atom stereocenters. The van der Waals surface area contributed by atoms with Crippen molar-refractivity contribution in [3.8, 4) is 5.75 Å². The van der Waals surface area contributed by atoms with Gasteiger partial charge in [-0.05, 0) is 79.2 Å². The van der Waals surface area contributed by atoms with Gasteiger partial charge in [0.1, 0.15) is 5.75 Å². The Hall–Kier alpha value is -3.08. The molecule has 1 aliphatic heterocycles. The van der Waals surface area contributed by atoms with Crippen LogP contribution in [0.5, 0.6) is 5.75 Å². The molecule has 1 amide bonds. The number of nitrogens with one attached hydrogen (secondary N) is 1. The Labute approximate surface area is 223 Å². The SMILES string of the molecule is CCN1C(=O)C(=Cc2ccc(Br)cc2)SC1=Nc1ccc(C)c(S(=O)(=O)Nc2ccccc2OC)c1. The van der Waals surface area contributed by atoms with Crippen molar-refractivity contribution < 1.29 is 17.9 Å². The van der Waals surface area contributed by atoms with E-state index in [4.69, 9.17) is 4.74 Å². The molecule has 0 bridgehead atoms. The van der Waals surface area contributed by atoms with E-state index in [1.165, 1.54) is 24.9 Å². The van der Waals surface area contributed by atoms with E-state index in [9.17, 15) is 13.2 Å². The lowest BCUT2D eigenvalue weighted by molar-refractivity contribution is -0.122. The number of hydrogen-bond donors (Lipinski definition) is 1. The predicted octanol–water partition coefficient (Wildman–Crippen LogP) is 6.19. The highest BCUT2D eigenvalue weighted by molar-refractivity contribution is 9.10. The molecule has 0 aromatic heterocycles. The molecule has 10 heteroatoms. The van der Waals surface area contributed by atoms with Crippen LogP contribution < -0.4 is 9.46 Å². The number of aryl methyl sites for hydroxylation is 1. The molecule has 3 aromatic rings. The Bertz CT molecular complexity index is 1470. The van der Waals surface area contributed by atoms with Gasteiger partial charge in [-0.1, -0.05) is 46.3 Å². The average molecular weight is 587 g/mol. The van der Waals surface area contributed by atoms with E-state index in [-0.39, 0.29) is 10.8 Å². The molecular weight excluding hydrogens is 562 g/mol. The minimum Gasteiger partial charge on any atom is -0.495 e. The Balaban J connectivity index is 1.66. The number of rotatable bonds is 7. The molecule has 186 valence electrons. The van der Waals surface area contributed by atoms with E-state index in [1.807, 2.05) is 37.3 Å². The molecular formula is C26H24BrN3O4S2. The van der Waals surface area contributed by atoms with Crippen LogP contribution in [0, 0.1) is 6.92 Å². The van der Waals surface area contributed by atoms with Gasteiger partial charge in [0.15, 0.2) is 5.17 Å². The third-order valence-corrected chi connectivity index (χ3v) is 8.45. The van der Waals surface area contributed by atoms with Crippen LogP contribution in [0.3, 0.4) is 0 Å². The van der Waals surface area contributed by atoms with Crippen molar-refractivity contribution in [2.75, 3.05) is 18.4 Å². The quantitative estimate of drug-likeness (QED) is 0.334. The van der Waals surface area contributed by atoms with Gasteiger partial charge in [0.25, 0.3) is 15.9 Å². The average Bonchev–Trinajstić information content (AvgIpc) is 3.15. The largest absolute Gasteiger partial charge is 0.495 e. The summed E-state index contributed by atoms with van der Waals surface area (Å²) in [5.41, 5.74) is 2.24. The number of thioether (sulfide) groups is 1. The summed E-state index contributed by atoms with van der Waals surface area (Å²) in [5.74, 6) is 0.279. The first kappa shape index (κ1) is 26.0. The van der Waals surface area contributed by atoms with Crippen molar-refractivity contribution in [3.05, 3.63) is 87.2 Å². The number of nitrogens with zero attached hydrogens (tertiary/aromatic N) is 2. The molecule has 1 fully saturated rings. The third kappa shape index (κ3) is 5.66. The molecule has 0 spiro atoms. The maximum atomic E-state index is 13.2. The molecule has 1 N–H and O–H groups in total. The standard InChI is InChI=1S/C26H24BrN3O4S2/c1-4-30-25(31)23(15-18-10-12-19(27)13-11-18)35-26(30)28-20-14-9-17(2)24(16-20)36(32,33)29-21-7-5-6-8-22(21)34-3/h5-16,29H,4H2,1-3H3. The van der Waals surface area contributed by atoms with E-state index in [0.717, 1.165) is 10.0 Å².